The summed E-state index contributed by atoms with van der Waals surface area (Å²) in [4.78, 5) is 4.01. The topological polar surface area (TPSA) is 84.4 Å². The molecule has 3 aromatic heterocycles. The van der Waals surface area contributed by atoms with Gasteiger partial charge in [0.25, 0.3) is 0 Å². The Morgan fingerprint density at radius 1 is 1.19 bits per heavy atom. The van der Waals surface area contributed by atoms with Gasteiger partial charge in [0, 0.05) is 38.6 Å². The standard InChI is InChI=1S/C15H17F3N8/c1-19-14(20-7-10-9-25(2)24-13(10)15(16,17)18)21-8-12-23-22-11-5-3-4-6-26(11)12/h3-6,9H,7-8H2,1-2H3,(H2,19,20,21). The minimum Gasteiger partial charge on any atom is -0.352 e. The zero-order chi connectivity index (χ0) is 18.7. The quantitative estimate of drug-likeness (QED) is 0.538. The van der Waals surface area contributed by atoms with E-state index >= 15 is 0 Å². The molecule has 3 aromatic rings. The lowest BCUT2D eigenvalue weighted by atomic mass is 10.2. The van der Waals surface area contributed by atoms with Crippen LogP contribution in [0.15, 0.2) is 35.6 Å². The highest BCUT2D eigenvalue weighted by atomic mass is 19.4. The van der Waals surface area contributed by atoms with Gasteiger partial charge in [-0.05, 0) is 12.1 Å². The Balaban J connectivity index is 1.64. The minimum absolute atomic E-state index is 0.0378. The lowest BCUT2D eigenvalue weighted by Crippen LogP contribution is -2.37. The second kappa shape index (κ2) is 7.02. The van der Waals surface area contributed by atoms with Crippen LogP contribution in [0.3, 0.4) is 0 Å². The predicted molar refractivity (Wildman–Crippen MR) is 88.2 cm³/mol. The van der Waals surface area contributed by atoms with E-state index in [-0.39, 0.29) is 12.1 Å². The van der Waals surface area contributed by atoms with Crippen LogP contribution < -0.4 is 10.6 Å². The van der Waals surface area contributed by atoms with Gasteiger partial charge in [0.15, 0.2) is 23.1 Å². The molecule has 0 unspecified atom stereocenters. The van der Waals surface area contributed by atoms with E-state index in [1.165, 1.54) is 20.3 Å². The number of alkyl halides is 3. The number of aryl methyl sites for hydroxylation is 1. The third-order valence-corrected chi connectivity index (χ3v) is 3.64. The maximum absolute atomic E-state index is 13.0. The summed E-state index contributed by atoms with van der Waals surface area (Å²) < 4.78 is 41.9. The molecule has 0 bridgehead atoms. The molecule has 26 heavy (non-hydrogen) atoms. The molecule has 0 spiro atoms. The van der Waals surface area contributed by atoms with E-state index in [4.69, 9.17) is 0 Å². The minimum atomic E-state index is -4.50. The van der Waals surface area contributed by atoms with Crippen molar-refractivity contribution >= 4 is 11.6 Å². The summed E-state index contributed by atoms with van der Waals surface area (Å²) in [5, 5.41) is 17.4. The maximum Gasteiger partial charge on any atom is 0.435 e. The summed E-state index contributed by atoms with van der Waals surface area (Å²) in [5.41, 5.74) is -0.167. The number of hydrogen-bond donors (Lipinski definition) is 2. The van der Waals surface area contributed by atoms with E-state index in [0.29, 0.717) is 24.0 Å². The summed E-state index contributed by atoms with van der Waals surface area (Å²) in [6.45, 7) is 0.243. The lowest BCUT2D eigenvalue weighted by Gasteiger charge is -2.12. The Bertz CT molecular complexity index is 925. The predicted octanol–water partition coefficient (Wildman–Crippen LogP) is 1.35. The summed E-state index contributed by atoms with van der Waals surface area (Å²) >= 11 is 0. The van der Waals surface area contributed by atoms with Crippen LogP contribution in [0.4, 0.5) is 13.2 Å². The largest absolute Gasteiger partial charge is 0.435 e. The van der Waals surface area contributed by atoms with Crippen LogP contribution in [0.2, 0.25) is 0 Å². The first-order valence-electron chi connectivity index (χ1n) is 7.71. The van der Waals surface area contributed by atoms with Gasteiger partial charge in [0.05, 0.1) is 6.54 Å². The highest BCUT2D eigenvalue weighted by Crippen LogP contribution is 2.30. The number of hydrogen-bond acceptors (Lipinski definition) is 4. The molecule has 0 aromatic carbocycles. The number of aromatic nitrogens is 5. The highest BCUT2D eigenvalue weighted by molar-refractivity contribution is 5.79. The Kier molecular flexibility index (Phi) is 4.78. The fourth-order valence-electron chi connectivity index (χ4n) is 2.48. The molecule has 0 fully saturated rings. The summed E-state index contributed by atoms with van der Waals surface area (Å²) in [7, 11) is 2.98. The van der Waals surface area contributed by atoms with E-state index in [0.717, 1.165) is 4.68 Å². The fourth-order valence-corrected chi connectivity index (χ4v) is 2.48. The molecule has 0 saturated carbocycles. The number of rotatable bonds is 4. The smallest absolute Gasteiger partial charge is 0.352 e. The SMILES string of the molecule is CN=C(NCc1cn(C)nc1C(F)(F)F)NCc1nnc2ccccn12. The van der Waals surface area contributed by atoms with E-state index in [1.807, 2.05) is 28.8 Å². The second-order valence-corrected chi connectivity index (χ2v) is 5.50. The Hall–Kier alpha value is -3.11. The molecule has 0 aliphatic heterocycles. The van der Waals surface area contributed by atoms with Gasteiger partial charge in [-0.1, -0.05) is 6.07 Å². The van der Waals surface area contributed by atoms with Crippen LogP contribution in [0.1, 0.15) is 17.1 Å². The van der Waals surface area contributed by atoms with Crippen molar-refractivity contribution < 1.29 is 13.2 Å². The Morgan fingerprint density at radius 2 is 1.96 bits per heavy atom. The monoisotopic (exact) mass is 366 g/mol. The molecular formula is C15H17F3N8. The first kappa shape index (κ1) is 17.7. The Labute approximate surface area is 146 Å². The van der Waals surface area contributed by atoms with Crippen molar-refractivity contribution in [2.75, 3.05) is 7.05 Å². The molecule has 8 nitrogen and oxygen atoms in total. The second-order valence-electron chi connectivity index (χ2n) is 5.50. The molecule has 0 radical (unpaired) electrons. The number of nitrogens with one attached hydrogen (secondary N) is 2. The van der Waals surface area contributed by atoms with Gasteiger partial charge in [-0.3, -0.25) is 14.1 Å². The van der Waals surface area contributed by atoms with Gasteiger partial charge in [-0.25, -0.2) is 0 Å². The van der Waals surface area contributed by atoms with E-state index in [2.05, 4.69) is 30.9 Å². The number of pyridine rings is 1. The molecule has 138 valence electrons. The van der Waals surface area contributed by atoms with Gasteiger partial charge >= 0.3 is 6.18 Å². The van der Waals surface area contributed by atoms with Gasteiger partial charge in [-0.2, -0.15) is 18.3 Å². The lowest BCUT2D eigenvalue weighted by molar-refractivity contribution is -0.142. The third kappa shape index (κ3) is 3.76. The van der Waals surface area contributed by atoms with Crippen LogP contribution in [0.25, 0.3) is 5.65 Å². The zero-order valence-corrected chi connectivity index (χ0v) is 14.1. The molecular weight excluding hydrogens is 349 g/mol. The molecule has 11 heteroatoms. The number of fused-ring (bicyclic) bond motifs is 1. The first-order chi connectivity index (χ1) is 12.4. The van der Waals surface area contributed by atoms with Gasteiger partial charge in [0.1, 0.15) is 0 Å². The molecule has 0 aliphatic carbocycles. The van der Waals surface area contributed by atoms with E-state index in [9.17, 15) is 13.2 Å². The molecule has 2 N–H and O–H groups in total. The van der Waals surface area contributed by atoms with Gasteiger partial charge in [-0.15, -0.1) is 10.2 Å². The van der Waals surface area contributed by atoms with Crippen molar-refractivity contribution in [1.29, 1.82) is 0 Å². The number of nitrogens with zero attached hydrogens (tertiary/aromatic N) is 6. The van der Waals surface area contributed by atoms with Crippen LogP contribution in [0, 0.1) is 0 Å². The number of aliphatic imine (C=N–C) groups is 1. The zero-order valence-electron chi connectivity index (χ0n) is 14.1. The summed E-state index contributed by atoms with van der Waals surface area (Å²) in [5.74, 6) is 0.996. The molecule has 0 saturated heterocycles. The van der Waals surface area contributed by atoms with Crippen molar-refractivity contribution in [3.8, 4) is 0 Å². The van der Waals surface area contributed by atoms with Crippen molar-refractivity contribution in [2.24, 2.45) is 12.0 Å². The Morgan fingerprint density at radius 3 is 2.69 bits per heavy atom. The average molecular weight is 366 g/mol. The number of guanidine groups is 1. The third-order valence-electron chi connectivity index (χ3n) is 3.64. The molecule has 0 aliphatic rings. The van der Waals surface area contributed by atoms with Gasteiger partial charge in [0.2, 0.25) is 0 Å². The van der Waals surface area contributed by atoms with Crippen molar-refractivity contribution in [2.45, 2.75) is 19.3 Å². The average Bonchev–Trinajstić information content (AvgIpc) is 3.18. The highest BCUT2D eigenvalue weighted by Gasteiger charge is 2.36. The van der Waals surface area contributed by atoms with E-state index in [1.54, 1.807) is 0 Å². The molecule has 3 rings (SSSR count). The maximum atomic E-state index is 13.0. The summed E-state index contributed by atoms with van der Waals surface area (Å²) in [6.07, 6.45) is -1.35. The molecule has 3 heterocycles. The normalized spacial score (nSPS) is 12.6. The number of halogens is 3. The van der Waals surface area contributed by atoms with Crippen LogP contribution in [-0.2, 0) is 26.3 Å². The van der Waals surface area contributed by atoms with Crippen molar-refractivity contribution in [3.05, 3.63) is 47.7 Å². The fraction of sp³-hybridized carbons (Fsp3) is 0.333. The first-order valence-corrected chi connectivity index (χ1v) is 7.71. The van der Waals surface area contributed by atoms with E-state index < -0.39 is 11.9 Å². The van der Waals surface area contributed by atoms with Crippen LogP contribution >= 0.6 is 0 Å². The molecule has 0 atom stereocenters. The van der Waals surface area contributed by atoms with Crippen LogP contribution in [-0.4, -0.2) is 37.4 Å². The summed E-state index contributed by atoms with van der Waals surface area (Å²) in [6, 6.07) is 5.53. The van der Waals surface area contributed by atoms with Crippen molar-refractivity contribution in [3.63, 3.8) is 0 Å². The van der Waals surface area contributed by atoms with Crippen LogP contribution in [0.5, 0.6) is 0 Å². The van der Waals surface area contributed by atoms with Crippen molar-refractivity contribution in [1.82, 2.24) is 35.0 Å². The van der Waals surface area contributed by atoms with Gasteiger partial charge < -0.3 is 10.6 Å². The molecule has 0 amide bonds.